The van der Waals surface area contributed by atoms with E-state index >= 15 is 0 Å². The van der Waals surface area contributed by atoms with E-state index in [2.05, 4.69) is 31.9 Å². The predicted octanol–water partition coefficient (Wildman–Crippen LogP) is 5.83. The van der Waals surface area contributed by atoms with Crippen molar-refractivity contribution in [1.82, 2.24) is 0 Å². The maximum absolute atomic E-state index is 11.1. The van der Waals surface area contributed by atoms with Crippen molar-refractivity contribution in [2.24, 2.45) is 0 Å². The van der Waals surface area contributed by atoms with Gasteiger partial charge in [0.15, 0.2) is 0 Å². The topological polar surface area (TPSA) is 86.3 Å². The molecule has 0 heterocycles. The molecule has 0 fully saturated rings. The molecular weight excluding hydrogens is 460 g/mol. The van der Waals surface area contributed by atoms with E-state index in [-0.39, 0.29) is 11.4 Å². The van der Waals surface area contributed by atoms with E-state index in [4.69, 9.17) is 0 Å². The van der Waals surface area contributed by atoms with E-state index in [1.807, 2.05) is 0 Å². The van der Waals surface area contributed by atoms with Crippen LogP contribution in [-0.4, -0.2) is 9.85 Å². The van der Waals surface area contributed by atoms with Crippen LogP contribution in [0.15, 0.2) is 55.1 Å². The van der Waals surface area contributed by atoms with E-state index in [9.17, 15) is 20.2 Å². The van der Waals surface area contributed by atoms with Gasteiger partial charge in [-0.2, -0.15) is 0 Å². The van der Waals surface area contributed by atoms with E-state index in [0.29, 0.717) is 18.7 Å². The molecule has 2 aromatic carbocycles. The van der Waals surface area contributed by atoms with Crippen molar-refractivity contribution in [3.8, 4) is 0 Å². The van der Waals surface area contributed by atoms with Gasteiger partial charge in [-0.3, -0.25) is 20.2 Å². The summed E-state index contributed by atoms with van der Waals surface area (Å²) in [4.78, 5) is 22.1. The molecular formula is C12H6Br2N2O4S2. The zero-order valence-corrected chi connectivity index (χ0v) is 15.4. The number of nitro benzene ring substituents is 2. The lowest BCUT2D eigenvalue weighted by atomic mass is 10.3. The lowest BCUT2D eigenvalue weighted by Gasteiger charge is -2.05. The molecule has 0 amide bonds. The van der Waals surface area contributed by atoms with Crippen molar-refractivity contribution in [3.05, 3.63) is 65.6 Å². The van der Waals surface area contributed by atoms with Crippen LogP contribution in [-0.2, 0) is 0 Å². The summed E-state index contributed by atoms with van der Waals surface area (Å²) in [5.74, 6) is 0. The first-order chi connectivity index (χ1) is 10.4. The van der Waals surface area contributed by atoms with E-state index < -0.39 is 9.85 Å². The summed E-state index contributed by atoms with van der Waals surface area (Å²) in [6.45, 7) is 0. The zero-order valence-electron chi connectivity index (χ0n) is 10.6. The molecule has 0 bridgehead atoms. The number of para-hydroxylation sites is 2. The van der Waals surface area contributed by atoms with Gasteiger partial charge in [0.05, 0.1) is 28.6 Å². The first-order valence-corrected chi connectivity index (χ1v) is 9.35. The second-order valence-corrected chi connectivity index (χ2v) is 7.78. The molecule has 0 radical (unpaired) electrons. The quantitative estimate of drug-likeness (QED) is 0.313. The van der Waals surface area contributed by atoms with Gasteiger partial charge in [-0.05, 0) is 77.7 Å². The smallest absolute Gasteiger partial charge is 0.258 e. The molecule has 0 aliphatic rings. The minimum atomic E-state index is -0.484. The van der Waals surface area contributed by atoms with E-state index in [1.54, 1.807) is 36.4 Å². The Morgan fingerprint density at radius 1 is 0.773 bits per heavy atom. The molecule has 0 spiro atoms. The highest BCUT2D eigenvalue weighted by Gasteiger charge is 2.22. The summed E-state index contributed by atoms with van der Waals surface area (Å²) < 4.78 is 0.735. The van der Waals surface area contributed by atoms with E-state index in [1.165, 1.54) is 0 Å². The molecule has 114 valence electrons. The Bertz CT molecular complexity index is 694. The highest BCUT2D eigenvalue weighted by molar-refractivity contribution is 9.11. The lowest BCUT2D eigenvalue weighted by Crippen LogP contribution is -1.92. The minimum Gasteiger partial charge on any atom is -0.258 e. The molecule has 0 saturated heterocycles. The van der Waals surface area contributed by atoms with Crippen LogP contribution in [0.25, 0.3) is 0 Å². The number of hydrogen-bond donors (Lipinski definition) is 0. The maximum atomic E-state index is 11.1. The van der Waals surface area contributed by atoms with Crippen LogP contribution in [0.1, 0.15) is 0 Å². The molecule has 0 aliphatic carbocycles. The molecule has 22 heavy (non-hydrogen) atoms. The largest absolute Gasteiger partial charge is 0.297 e. The van der Waals surface area contributed by atoms with Crippen molar-refractivity contribution in [2.45, 2.75) is 9.79 Å². The molecule has 0 atom stereocenters. The Labute approximate surface area is 149 Å². The highest BCUT2D eigenvalue weighted by Crippen LogP contribution is 2.47. The van der Waals surface area contributed by atoms with Crippen molar-refractivity contribution in [3.63, 3.8) is 0 Å². The molecule has 0 aliphatic heterocycles. The van der Waals surface area contributed by atoms with Crippen molar-refractivity contribution in [2.75, 3.05) is 0 Å². The second kappa shape index (κ2) is 7.44. The molecule has 2 rings (SSSR count). The summed E-state index contributed by atoms with van der Waals surface area (Å²) in [6.07, 6.45) is 0. The van der Waals surface area contributed by atoms with Gasteiger partial charge in [-0.25, -0.2) is 0 Å². The van der Waals surface area contributed by atoms with Crippen LogP contribution >= 0.6 is 53.4 Å². The Hall–Kier alpha value is -1.10. The number of halogens is 2. The summed E-state index contributed by atoms with van der Waals surface area (Å²) in [5, 5.41) is 22.2. The molecule has 2 aromatic rings. The third-order valence-electron chi connectivity index (χ3n) is 2.49. The Morgan fingerprint density at radius 2 is 1.14 bits per heavy atom. The fourth-order valence-electron chi connectivity index (χ4n) is 1.57. The van der Waals surface area contributed by atoms with E-state index in [0.717, 1.165) is 21.6 Å². The van der Waals surface area contributed by atoms with Gasteiger partial charge < -0.3 is 0 Å². The van der Waals surface area contributed by atoms with Gasteiger partial charge in [0, 0.05) is 0 Å². The number of rotatable bonds is 5. The molecule has 0 N–H and O–H groups in total. The van der Waals surface area contributed by atoms with Gasteiger partial charge in [0.2, 0.25) is 0 Å². The third kappa shape index (κ3) is 3.80. The molecule has 0 saturated carbocycles. The predicted molar refractivity (Wildman–Crippen MR) is 93.3 cm³/mol. The van der Waals surface area contributed by atoms with Crippen LogP contribution in [0.4, 0.5) is 11.4 Å². The minimum absolute atomic E-state index is 0.0577. The maximum Gasteiger partial charge on any atom is 0.297 e. The lowest BCUT2D eigenvalue weighted by molar-refractivity contribution is -0.388. The fraction of sp³-hybridized carbons (Fsp3) is 0. The Kier molecular flexibility index (Phi) is 5.84. The third-order valence-corrected chi connectivity index (χ3v) is 6.19. The highest BCUT2D eigenvalue weighted by atomic mass is 79.9. The monoisotopic (exact) mass is 464 g/mol. The van der Waals surface area contributed by atoms with Crippen LogP contribution in [0.5, 0.6) is 0 Å². The SMILES string of the molecule is O=[N+]([O-])c1c(Br)cccc1SSc1cccc(Br)c1[N+](=O)[O-]. The number of benzene rings is 2. The summed E-state index contributed by atoms with van der Waals surface area (Å²) in [5.41, 5.74) is -0.115. The van der Waals surface area contributed by atoms with Crippen LogP contribution in [0, 0.1) is 20.2 Å². The van der Waals surface area contributed by atoms with Crippen molar-refractivity contribution >= 4 is 64.8 Å². The van der Waals surface area contributed by atoms with Gasteiger partial charge >= 0.3 is 0 Å². The second-order valence-electron chi connectivity index (χ2n) is 3.85. The average Bonchev–Trinajstić information content (AvgIpc) is 2.44. The Balaban J connectivity index is 2.33. The number of hydrogen-bond acceptors (Lipinski definition) is 6. The number of nitro groups is 2. The van der Waals surface area contributed by atoms with Crippen molar-refractivity contribution in [1.29, 1.82) is 0 Å². The number of nitrogens with zero attached hydrogens (tertiary/aromatic N) is 2. The zero-order chi connectivity index (χ0) is 16.3. The Morgan fingerprint density at radius 3 is 1.45 bits per heavy atom. The van der Waals surface area contributed by atoms with Gasteiger partial charge in [0.1, 0.15) is 0 Å². The normalized spacial score (nSPS) is 10.5. The first kappa shape index (κ1) is 17.3. The molecule has 0 unspecified atom stereocenters. The fourth-order valence-corrected chi connectivity index (χ4v) is 5.17. The van der Waals surface area contributed by atoms with Crippen LogP contribution < -0.4 is 0 Å². The van der Waals surface area contributed by atoms with Gasteiger partial charge in [-0.15, -0.1) is 0 Å². The average molecular weight is 466 g/mol. The summed E-state index contributed by atoms with van der Waals surface area (Å²) in [7, 11) is 2.21. The summed E-state index contributed by atoms with van der Waals surface area (Å²) >= 11 is 6.29. The molecule has 6 nitrogen and oxygen atoms in total. The molecule has 10 heteroatoms. The van der Waals surface area contributed by atoms with Crippen LogP contribution in [0.3, 0.4) is 0 Å². The first-order valence-electron chi connectivity index (χ1n) is 5.62. The standard InChI is InChI=1S/C12H6Br2N2O4S2/c13-7-3-1-5-9(11(7)15(17)18)21-22-10-6-2-4-8(14)12(10)16(19)20/h1-6H. The van der Waals surface area contributed by atoms with Crippen LogP contribution in [0.2, 0.25) is 0 Å². The van der Waals surface area contributed by atoms with Crippen molar-refractivity contribution < 1.29 is 9.85 Å². The van der Waals surface area contributed by atoms with Gasteiger partial charge in [0.25, 0.3) is 11.4 Å². The summed E-state index contributed by atoms with van der Waals surface area (Å²) in [6, 6.07) is 9.71. The van der Waals surface area contributed by atoms with Gasteiger partial charge in [-0.1, -0.05) is 12.1 Å². The molecule has 0 aromatic heterocycles.